The van der Waals surface area contributed by atoms with Crippen molar-refractivity contribution in [3.63, 3.8) is 0 Å². The highest BCUT2D eigenvalue weighted by atomic mass is 16.4. The number of fused-ring (bicyclic) bond motifs is 1. The number of carboxylic acid groups (broad SMARTS) is 1. The molecule has 0 aliphatic heterocycles. The van der Waals surface area contributed by atoms with Crippen molar-refractivity contribution in [2.45, 2.75) is 13.3 Å². The maximum absolute atomic E-state index is 11.0. The van der Waals surface area contributed by atoms with Crippen LogP contribution in [0, 0.1) is 6.92 Å². The Bertz CT molecular complexity index is 545. The smallest absolute Gasteiger partial charge is 0.356 e. The van der Waals surface area contributed by atoms with Gasteiger partial charge in [0.05, 0.1) is 12.1 Å². The highest BCUT2D eigenvalue weighted by Gasteiger charge is 2.15. The van der Waals surface area contributed by atoms with Crippen LogP contribution in [-0.2, 0) is 6.42 Å². The molecular formula is C11H12N2O3. The van der Waals surface area contributed by atoms with E-state index in [9.17, 15) is 4.79 Å². The summed E-state index contributed by atoms with van der Waals surface area (Å²) < 4.78 is 1.72. The molecule has 0 atom stereocenters. The predicted octanol–water partition coefficient (Wildman–Crippen LogP) is 0.876. The lowest BCUT2D eigenvalue weighted by Gasteiger charge is -2.00. The fraction of sp³-hybridized carbons (Fsp3) is 0.273. The Hall–Kier alpha value is -1.88. The Morgan fingerprint density at radius 2 is 2.25 bits per heavy atom. The standard InChI is InChI=1S/C11H12N2O3/c1-7-2-3-8-10(11(15)16)12-9(4-5-14)13(8)6-7/h2-3,6,14H,4-5H2,1H3,(H,15,16). The summed E-state index contributed by atoms with van der Waals surface area (Å²) in [6, 6.07) is 3.57. The quantitative estimate of drug-likeness (QED) is 0.805. The van der Waals surface area contributed by atoms with Crippen molar-refractivity contribution < 1.29 is 15.0 Å². The molecule has 84 valence electrons. The average Bonchev–Trinajstić information content (AvgIpc) is 2.58. The largest absolute Gasteiger partial charge is 0.476 e. The summed E-state index contributed by atoms with van der Waals surface area (Å²) in [5.41, 5.74) is 1.60. The van der Waals surface area contributed by atoms with Gasteiger partial charge in [-0.3, -0.25) is 0 Å². The van der Waals surface area contributed by atoms with Gasteiger partial charge in [-0.15, -0.1) is 0 Å². The SMILES string of the molecule is Cc1ccc2c(C(=O)O)nc(CCO)n2c1. The van der Waals surface area contributed by atoms with Gasteiger partial charge in [0.15, 0.2) is 5.69 Å². The summed E-state index contributed by atoms with van der Waals surface area (Å²) >= 11 is 0. The van der Waals surface area contributed by atoms with Gasteiger partial charge in [-0.05, 0) is 18.6 Å². The Balaban J connectivity index is 2.71. The molecule has 0 aromatic carbocycles. The molecule has 2 aromatic heterocycles. The van der Waals surface area contributed by atoms with E-state index in [1.165, 1.54) is 0 Å². The summed E-state index contributed by atoms with van der Waals surface area (Å²) in [6.07, 6.45) is 2.16. The Kier molecular flexibility index (Phi) is 2.62. The van der Waals surface area contributed by atoms with Crippen LogP contribution in [0.25, 0.3) is 5.52 Å². The molecule has 0 fully saturated rings. The number of aliphatic hydroxyl groups is 1. The van der Waals surface area contributed by atoms with E-state index in [0.717, 1.165) is 5.56 Å². The van der Waals surface area contributed by atoms with Crippen LogP contribution in [0.3, 0.4) is 0 Å². The number of aryl methyl sites for hydroxylation is 1. The van der Waals surface area contributed by atoms with Crippen molar-refractivity contribution in [1.82, 2.24) is 9.38 Å². The van der Waals surface area contributed by atoms with Crippen molar-refractivity contribution in [2.24, 2.45) is 0 Å². The molecule has 0 aliphatic carbocycles. The molecule has 16 heavy (non-hydrogen) atoms. The highest BCUT2D eigenvalue weighted by Crippen LogP contribution is 2.15. The predicted molar refractivity (Wildman–Crippen MR) is 57.7 cm³/mol. The molecule has 0 saturated heterocycles. The third-order valence-electron chi connectivity index (χ3n) is 2.40. The number of pyridine rings is 1. The monoisotopic (exact) mass is 220 g/mol. The van der Waals surface area contributed by atoms with Crippen LogP contribution >= 0.6 is 0 Å². The second-order valence-electron chi connectivity index (χ2n) is 3.62. The molecule has 0 bridgehead atoms. The minimum absolute atomic E-state index is 0.0310. The van der Waals surface area contributed by atoms with Gasteiger partial charge in [-0.1, -0.05) is 6.07 Å². The summed E-state index contributed by atoms with van der Waals surface area (Å²) in [5.74, 6) is -0.482. The molecule has 0 aliphatic rings. The summed E-state index contributed by atoms with van der Waals surface area (Å²) in [7, 11) is 0. The van der Waals surface area contributed by atoms with Crippen LogP contribution in [0.4, 0.5) is 0 Å². The van der Waals surface area contributed by atoms with Crippen LogP contribution in [0.5, 0.6) is 0 Å². The Labute approximate surface area is 92.0 Å². The van der Waals surface area contributed by atoms with Crippen molar-refractivity contribution in [1.29, 1.82) is 0 Å². The molecule has 0 radical (unpaired) electrons. The second kappa shape index (κ2) is 3.94. The number of carboxylic acids is 1. The molecular weight excluding hydrogens is 208 g/mol. The summed E-state index contributed by atoms with van der Waals surface area (Å²) in [4.78, 5) is 15.0. The van der Waals surface area contributed by atoms with Gasteiger partial charge in [0.25, 0.3) is 0 Å². The Morgan fingerprint density at radius 3 is 2.88 bits per heavy atom. The Morgan fingerprint density at radius 1 is 1.50 bits per heavy atom. The van der Waals surface area contributed by atoms with E-state index in [4.69, 9.17) is 10.2 Å². The molecule has 2 rings (SSSR count). The van der Waals surface area contributed by atoms with Crippen LogP contribution in [0.1, 0.15) is 21.9 Å². The second-order valence-corrected chi connectivity index (χ2v) is 3.62. The number of aromatic carboxylic acids is 1. The fourth-order valence-electron chi connectivity index (χ4n) is 1.69. The number of hydrogen-bond acceptors (Lipinski definition) is 3. The van der Waals surface area contributed by atoms with Gasteiger partial charge in [-0.2, -0.15) is 0 Å². The molecule has 0 unspecified atom stereocenters. The van der Waals surface area contributed by atoms with E-state index < -0.39 is 5.97 Å². The molecule has 0 amide bonds. The van der Waals surface area contributed by atoms with E-state index in [2.05, 4.69) is 4.98 Å². The minimum atomic E-state index is -1.05. The first-order valence-corrected chi connectivity index (χ1v) is 4.95. The lowest BCUT2D eigenvalue weighted by atomic mass is 10.2. The maximum Gasteiger partial charge on any atom is 0.356 e. The molecule has 5 heteroatoms. The van der Waals surface area contributed by atoms with Gasteiger partial charge in [0.2, 0.25) is 0 Å². The third-order valence-corrected chi connectivity index (χ3v) is 2.40. The van der Waals surface area contributed by atoms with Gasteiger partial charge >= 0.3 is 5.97 Å². The number of aromatic nitrogens is 2. The van der Waals surface area contributed by atoms with Crippen molar-refractivity contribution in [2.75, 3.05) is 6.61 Å². The molecule has 2 aromatic rings. The van der Waals surface area contributed by atoms with Gasteiger partial charge in [-0.25, -0.2) is 9.78 Å². The van der Waals surface area contributed by atoms with Crippen molar-refractivity contribution in [3.8, 4) is 0 Å². The summed E-state index contributed by atoms with van der Waals surface area (Å²) in [5, 5.41) is 17.9. The first-order valence-electron chi connectivity index (χ1n) is 4.95. The zero-order valence-corrected chi connectivity index (χ0v) is 8.84. The van der Waals surface area contributed by atoms with Crippen molar-refractivity contribution in [3.05, 3.63) is 35.4 Å². The van der Waals surface area contributed by atoms with E-state index in [1.807, 2.05) is 19.2 Å². The normalized spacial score (nSPS) is 10.9. The van der Waals surface area contributed by atoms with Crippen LogP contribution in [-0.4, -0.2) is 32.2 Å². The lowest BCUT2D eigenvalue weighted by molar-refractivity contribution is 0.0693. The minimum Gasteiger partial charge on any atom is -0.476 e. The number of hydrogen-bond donors (Lipinski definition) is 2. The highest BCUT2D eigenvalue weighted by molar-refractivity contribution is 5.93. The number of aliphatic hydroxyl groups excluding tert-OH is 1. The molecule has 0 spiro atoms. The van der Waals surface area contributed by atoms with Crippen LogP contribution in [0.2, 0.25) is 0 Å². The van der Waals surface area contributed by atoms with Crippen LogP contribution < -0.4 is 0 Å². The zero-order chi connectivity index (χ0) is 11.7. The zero-order valence-electron chi connectivity index (χ0n) is 8.84. The van der Waals surface area contributed by atoms with E-state index in [1.54, 1.807) is 10.5 Å². The first-order chi connectivity index (χ1) is 7.63. The topological polar surface area (TPSA) is 74.8 Å². The van der Waals surface area contributed by atoms with Gasteiger partial charge < -0.3 is 14.6 Å². The molecule has 2 N–H and O–H groups in total. The maximum atomic E-state index is 11.0. The van der Waals surface area contributed by atoms with E-state index in [0.29, 0.717) is 17.8 Å². The van der Waals surface area contributed by atoms with Gasteiger partial charge in [0, 0.05) is 12.6 Å². The van der Waals surface area contributed by atoms with Gasteiger partial charge in [0.1, 0.15) is 5.82 Å². The third kappa shape index (κ3) is 1.65. The lowest BCUT2D eigenvalue weighted by Crippen LogP contribution is -1.98. The number of nitrogens with zero attached hydrogens (tertiary/aromatic N) is 2. The van der Waals surface area contributed by atoms with Crippen molar-refractivity contribution >= 4 is 11.5 Å². The molecule has 0 saturated carbocycles. The number of imidazole rings is 1. The summed E-state index contributed by atoms with van der Waals surface area (Å²) in [6.45, 7) is 1.87. The average molecular weight is 220 g/mol. The number of rotatable bonds is 3. The fourth-order valence-corrected chi connectivity index (χ4v) is 1.69. The first kappa shape index (κ1) is 10.6. The number of carbonyl (C=O) groups is 1. The van der Waals surface area contributed by atoms with E-state index in [-0.39, 0.29) is 12.3 Å². The van der Waals surface area contributed by atoms with Crippen LogP contribution in [0.15, 0.2) is 18.3 Å². The van der Waals surface area contributed by atoms with E-state index >= 15 is 0 Å². The molecule has 5 nitrogen and oxygen atoms in total. The molecule has 2 heterocycles.